The molecule has 4 N–H and O–H groups in total. The van der Waals surface area contributed by atoms with Crippen molar-refractivity contribution in [3.8, 4) is 16.9 Å². The highest BCUT2D eigenvalue weighted by atomic mass is 19.3. The number of hydrogen-bond acceptors (Lipinski definition) is 9. The lowest BCUT2D eigenvalue weighted by molar-refractivity contribution is -0.0794. The zero-order chi connectivity index (χ0) is 21.4. The van der Waals surface area contributed by atoms with Gasteiger partial charge in [-0.2, -0.15) is 5.10 Å². The third-order valence-corrected chi connectivity index (χ3v) is 5.03. The van der Waals surface area contributed by atoms with Crippen LogP contribution in [0.1, 0.15) is 18.3 Å². The summed E-state index contributed by atoms with van der Waals surface area (Å²) in [6, 6.07) is 3.38. The van der Waals surface area contributed by atoms with Crippen LogP contribution >= 0.6 is 0 Å². The fourth-order valence-corrected chi connectivity index (χ4v) is 3.20. The maximum atomic E-state index is 13.0. The molecule has 2 fully saturated rings. The number of nitrogens with two attached hydrogens (primary N) is 1. The summed E-state index contributed by atoms with van der Waals surface area (Å²) >= 11 is 0. The predicted octanol–water partition coefficient (Wildman–Crippen LogP) is 1.92. The Labute approximate surface area is 175 Å². The van der Waals surface area contributed by atoms with Crippen LogP contribution < -0.4 is 21.1 Å². The molecule has 0 aromatic carbocycles. The molecule has 0 atom stereocenters. The first kappa shape index (κ1) is 19.6. The Hall–Kier alpha value is -3.38. The molecule has 31 heavy (non-hydrogen) atoms. The largest absolute Gasteiger partial charge is 0.485 e. The van der Waals surface area contributed by atoms with Crippen LogP contribution in [0.25, 0.3) is 11.1 Å². The van der Waals surface area contributed by atoms with Crippen molar-refractivity contribution in [2.45, 2.75) is 18.6 Å². The van der Waals surface area contributed by atoms with Crippen molar-refractivity contribution in [2.24, 2.45) is 0 Å². The molecule has 162 valence electrons. The number of anilines is 3. The van der Waals surface area contributed by atoms with Crippen molar-refractivity contribution in [2.75, 3.05) is 37.4 Å². The molecule has 0 saturated carbocycles. The topological polar surface area (TPSA) is 125 Å². The van der Waals surface area contributed by atoms with E-state index in [1.54, 1.807) is 18.5 Å². The van der Waals surface area contributed by atoms with E-state index < -0.39 is 12.2 Å². The van der Waals surface area contributed by atoms with Crippen LogP contribution in [-0.2, 0) is 4.74 Å². The molecule has 12 heteroatoms. The third kappa shape index (κ3) is 4.11. The fourth-order valence-electron chi connectivity index (χ4n) is 3.20. The predicted molar refractivity (Wildman–Crippen MR) is 107 cm³/mol. The van der Waals surface area contributed by atoms with Gasteiger partial charge in [0.25, 0.3) is 6.43 Å². The van der Waals surface area contributed by atoms with Crippen molar-refractivity contribution >= 4 is 17.5 Å². The average Bonchev–Trinajstić information content (AvgIpc) is 3.12. The van der Waals surface area contributed by atoms with E-state index in [2.05, 4.69) is 30.7 Å². The minimum absolute atomic E-state index is 0.0644. The highest BCUT2D eigenvalue weighted by molar-refractivity contribution is 5.71. The average molecular weight is 430 g/mol. The van der Waals surface area contributed by atoms with E-state index in [1.807, 2.05) is 10.9 Å². The van der Waals surface area contributed by atoms with Crippen molar-refractivity contribution in [3.05, 3.63) is 36.5 Å². The summed E-state index contributed by atoms with van der Waals surface area (Å²) in [7, 11) is 0. The SMILES string of the molecule is Nc1cc(Nc2cc(OC3COC3)c(-c3cnn(C4CNC4)c3)cn2)nc(C(F)F)n1. The second-order valence-electron chi connectivity index (χ2n) is 7.33. The monoisotopic (exact) mass is 430 g/mol. The van der Waals surface area contributed by atoms with E-state index in [0.29, 0.717) is 30.8 Å². The van der Waals surface area contributed by atoms with Gasteiger partial charge in [-0.3, -0.25) is 4.68 Å². The Kier molecular flexibility index (Phi) is 5.08. The Morgan fingerprint density at radius 2 is 2.03 bits per heavy atom. The molecule has 2 aliphatic heterocycles. The zero-order valence-electron chi connectivity index (χ0n) is 16.3. The molecule has 2 saturated heterocycles. The third-order valence-electron chi connectivity index (χ3n) is 5.03. The molecule has 0 bridgehead atoms. The number of rotatable bonds is 7. The van der Waals surface area contributed by atoms with E-state index in [0.717, 1.165) is 24.2 Å². The Balaban J connectivity index is 1.44. The van der Waals surface area contributed by atoms with Crippen molar-refractivity contribution in [1.29, 1.82) is 0 Å². The van der Waals surface area contributed by atoms with Crippen LogP contribution in [0.3, 0.4) is 0 Å². The van der Waals surface area contributed by atoms with Gasteiger partial charge in [0, 0.05) is 48.7 Å². The molecule has 5 heterocycles. The fraction of sp³-hybridized carbons (Fsp3) is 0.368. The van der Waals surface area contributed by atoms with Crippen molar-refractivity contribution in [1.82, 2.24) is 30.0 Å². The number of halogens is 2. The maximum absolute atomic E-state index is 13.0. The van der Waals surface area contributed by atoms with Gasteiger partial charge in [0.1, 0.15) is 29.3 Å². The molecule has 3 aromatic heterocycles. The molecule has 0 aliphatic carbocycles. The summed E-state index contributed by atoms with van der Waals surface area (Å²) in [6.45, 7) is 2.76. The van der Waals surface area contributed by atoms with E-state index in [4.69, 9.17) is 15.2 Å². The van der Waals surface area contributed by atoms with Gasteiger partial charge in [-0.25, -0.2) is 23.7 Å². The van der Waals surface area contributed by atoms with E-state index in [1.165, 1.54) is 6.07 Å². The van der Waals surface area contributed by atoms with Crippen LogP contribution in [0, 0.1) is 0 Å². The normalized spacial score (nSPS) is 16.7. The lowest BCUT2D eigenvalue weighted by atomic mass is 10.1. The van der Waals surface area contributed by atoms with E-state index in [-0.39, 0.29) is 17.7 Å². The molecular weight excluding hydrogens is 410 g/mol. The zero-order valence-corrected chi connectivity index (χ0v) is 16.3. The summed E-state index contributed by atoms with van der Waals surface area (Å²) in [4.78, 5) is 11.7. The minimum Gasteiger partial charge on any atom is -0.485 e. The molecule has 2 aliphatic rings. The molecule has 0 unspecified atom stereocenters. The van der Waals surface area contributed by atoms with Gasteiger partial charge in [0.05, 0.1) is 25.5 Å². The quantitative estimate of drug-likeness (QED) is 0.515. The van der Waals surface area contributed by atoms with Gasteiger partial charge in [0.2, 0.25) is 0 Å². The second-order valence-corrected chi connectivity index (χ2v) is 7.33. The first-order valence-electron chi connectivity index (χ1n) is 9.74. The van der Waals surface area contributed by atoms with Crippen LogP contribution in [0.5, 0.6) is 5.75 Å². The van der Waals surface area contributed by atoms with Gasteiger partial charge in [-0.15, -0.1) is 0 Å². The Morgan fingerprint density at radius 1 is 1.19 bits per heavy atom. The maximum Gasteiger partial charge on any atom is 0.297 e. The van der Waals surface area contributed by atoms with Gasteiger partial charge < -0.3 is 25.8 Å². The van der Waals surface area contributed by atoms with Crippen LogP contribution in [0.15, 0.2) is 30.7 Å². The summed E-state index contributed by atoms with van der Waals surface area (Å²) in [5.41, 5.74) is 7.26. The molecule has 0 amide bonds. The number of pyridine rings is 1. The Morgan fingerprint density at radius 3 is 2.71 bits per heavy atom. The molecule has 0 spiro atoms. The van der Waals surface area contributed by atoms with Gasteiger partial charge in [-0.1, -0.05) is 0 Å². The van der Waals surface area contributed by atoms with E-state index >= 15 is 0 Å². The molecule has 5 rings (SSSR count). The van der Waals surface area contributed by atoms with Gasteiger partial charge >= 0.3 is 0 Å². The van der Waals surface area contributed by atoms with E-state index in [9.17, 15) is 8.78 Å². The lowest BCUT2D eigenvalue weighted by Gasteiger charge is -2.28. The highest BCUT2D eigenvalue weighted by Gasteiger charge is 2.24. The standard InChI is InChI=1S/C19H20F2N8O2/c20-18(21)19-26-15(22)2-17(28-19)27-16-1-14(31-12-8-30-9-12)13(6-24-16)10-3-25-29(7-10)11-4-23-5-11/h1-3,6-7,11-12,18,23H,4-5,8-9H2,(H3,22,24,26,27,28). The summed E-state index contributed by atoms with van der Waals surface area (Å²) < 4.78 is 39.2. The second kappa shape index (κ2) is 8.04. The minimum atomic E-state index is -2.83. The number of alkyl halides is 2. The van der Waals surface area contributed by atoms with Crippen LogP contribution in [0.4, 0.5) is 26.2 Å². The number of aromatic nitrogens is 5. The van der Waals surface area contributed by atoms with Gasteiger partial charge in [0.15, 0.2) is 5.82 Å². The highest BCUT2D eigenvalue weighted by Crippen LogP contribution is 2.34. The summed E-state index contributed by atoms with van der Waals surface area (Å²) in [6.07, 6.45) is 2.47. The molecule has 0 radical (unpaired) electrons. The molecule has 10 nitrogen and oxygen atoms in total. The van der Waals surface area contributed by atoms with Crippen molar-refractivity contribution < 1.29 is 18.3 Å². The smallest absolute Gasteiger partial charge is 0.297 e. The number of ether oxygens (including phenoxy) is 2. The number of hydrogen-bond donors (Lipinski definition) is 3. The first-order valence-corrected chi connectivity index (χ1v) is 9.74. The van der Waals surface area contributed by atoms with Crippen LogP contribution in [0.2, 0.25) is 0 Å². The Bertz CT molecular complexity index is 1080. The van der Waals surface area contributed by atoms with Gasteiger partial charge in [-0.05, 0) is 0 Å². The summed E-state index contributed by atoms with van der Waals surface area (Å²) in [5.74, 6) is 0.345. The first-order chi connectivity index (χ1) is 15.0. The van der Waals surface area contributed by atoms with Crippen molar-refractivity contribution in [3.63, 3.8) is 0 Å². The molecule has 3 aromatic rings. The molecular formula is C19H20F2N8O2. The number of nitrogens with zero attached hydrogens (tertiary/aromatic N) is 5. The summed E-state index contributed by atoms with van der Waals surface area (Å²) in [5, 5.41) is 10.6. The number of nitrogens with one attached hydrogen (secondary N) is 2. The lowest BCUT2D eigenvalue weighted by Crippen LogP contribution is -2.43. The van der Waals surface area contributed by atoms with Crippen LogP contribution in [-0.4, -0.2) is 57.1 Å². The number of nitrogen functional groups attached to an aromatic ring is 1.